The maximum Gasteiger partial charge on any atom is 0.255 e. The van der Waals surface area contributed by atoms with Gasteiger partial charge in [0.15, 0.2) is 0 Å². The van der Waals surface area contributed by atoms with Gasteiger partial charge < -0.3 is 10.1 Å². The van der Waals surface area contributed by atoms with E-state index in [-0.39, 0.29) is 5.91 Å². The molecule has 0 aliphatic rings. The topological polar surface area (TPSA) is 56.1 Å². The lowest BCUT2D eigenvalue weighted by atomic mass is 10.2. The summed E-state index contributed by atoms with van der Waals surface area (Å²) in [5, 5.41) is 7.47. The molecule has 1 amide bonds. The molecule has 25 heavy (non-hydrogen) atoms. The van der Waals surface area contributed by atoms with E-state index in [0.717, 1.165) is 22.8 Å². The van der Waals surface area contributed by atoms with E-state index in [1.54, 1.807) is 24.3 Å². The standard InChI is InChI=1S/C20H21N3O2/c1-4-25-17-11-9-16(10-12-17)20(24)21-18-7-5-6-8-19(18)23-15(3)13-14(2)22-23/h5-13H,4H2,1-3H3,(H,21,24). The average molecular weight is 335 g/mol. The Morgan fingerprint density at radius 3 is 2.48 bits per heavy atom. The second kappa shape index (κ2) is 7.21. The van der Waals surface area contributed by atoms with Gasteiger partial charge >= 0.3 is 0 Å². The zero-order chi connectivity index (χ0) is 17.8. The van der Waals surface area contributed by atoms with Crippen LogP contribution in [0.3, 0.4) is 0 Å². The Morgan fingerprint density at radius 1 is 1.12 bits per heavy atom. The van der Waals surface area contributed by atoms with E-state index in [1.165, 1.54) is 0 Å². The molecule has 2 aromatic carbocycles. The van der Waals surface area contributed by atoms with Gasteiger partial charge in [-0.2, -0.15) is 5.10 Å². The number of hydrogen-bond donors (Lipinski definition) is 1. The fourth-order valence-electron chi connectivity index (χ4n) is 2.70. The predicted octanol–water partition coefficient (Wildman–Crippen LogP) is 4.14. The quantitative estimate of drug-likeness (QED) is 0.762. The van der Waals surface area contributed by atoms with Crippen LogP contribution < -0.4 is 10.1 Å². The van der Waals surface area contributed by atoms with Crippen LogP contribution in [0, 0.1) is 13.8 Å². The molecule has 1 heterocycles. The Labute approximate surface area is 147 Å². The van der Waals surface area contributed by atoms with E-state index in [4.69, 9.17) is 4.74 Å². The highest BCUT2D eigenvalue weighted by molar-refractivity contribution is 6.05. The fourth-order valence-corrected chi connectivity index (χ4v) is 2.70. The van der Waals surface area contributed by atoms with Gasteiger partial charge in [0.25, 0.3) is 5.91 Å². The molecule has 0 bridgehead atoms. The lowest BCUT2D eigenvalue weighted by molar-refractivity contribution is 0.102. The van der Waals surface area contributed by atoms with Crippen LogP contribution in [-0.2, 0) is 0 Å². The van der Waals surface area contributed by atoms with Crippen molar-refractivity contribution in [3.63, 3.8) is 0 Å². The Kier molecular flexibility index (Phi) is 4.84. The molecule has 3 rings (SSSR count). The van der Waals surface area contributed by atoms with Crippen molar-refractivity contribution < 1.29 is 9.53 Å². The van der Waals surface area contributed by atoms with E-state index < -0.39 is 0 Å². The third kappa shape index (κ3) is 3.71. The first kappa shape index (κ1) is 16.8. The molecular weight excluding hydrogens is 314 g/mol. The monoisotopic (exact) mass is 335 g/mol. The van der Waals surface area contributed by atoms with Crippen molar-refractivity contribution in [1.29, 1.82) is 0 Å². The molecule has 0 spiro atoms. The van der Waals surface area contributed by atoms with Crippen LogP contribution in [0.25, 0.3) is 5.69 Å². The molecule has 0 saturated heterocycles. The maximum absolute atomic E-state index is 12.6. The molecule has 0 radical (unpaired) electrons. The van der Waals surface area contributed by atoms with Crippen molar-refractivity contribution in [2.24, 2.45) is 0 Å². The number of aryl methyl sites for hydroxylation is 2. The first-order chi connectivity index (χ1) is 12.1. The largest absolute Gasteiger partial charge is 0.494 e. The molecule has 3 aromatic rings. The molecule has 1 N–H and O–H groups in total. The number of amides is 1. The molecule has 0 aliphatic carbocycles. The SMILES string of the molecule is CCOc1ccc(C(=O)Nc2ccccc2-n2nc(C)cc2C)cc1. The van der Waals surface area contributed by atoms with Crippen LogP contribution >= 0.6 is 0 Å². The average Bonchev–Trinajstić information content (AvgIpc) is 2.94. The zero-order valence-corrected chi connectivity index (χ0v) is 14.6. The van der Waals surface area contributed by atoms with Gasteiger partial charge in [0, 0.05) is 11.3 Å². The van der Waals surface area contributed by atoms with E-state index in [0.29, 0.717) is 17.9 Å². The summed E-state index contributed by atoms with van der Waals surface area (Å²) in [4.78, 5) is 12.6. The van der Waals surface area contributed by atoms with Crippen LogP contribution in [0.2, 0.25) is 0 Å². The number of hydrogen-bond acceptors (Lipinski definition) is 3. The number of ether oxygens (including phenoxy) is 1. The van der Waals surface area contributed by atoms with Crippen LogP contribution in [0.1, 0.15) is 28.7 Å². The highest BCUT2D eigenvalue weighted by Gasteiger charge is 2.12. The molecule has 0 aliphatic heterocycles. The summed E-state index contributed by atoms with van der Waals surface area (Å²) in [7, 11) is 0. The number of carbonyl (C=O) groups excluding carboxylic acids is 1. The van der Waals surface area contributed by atoms with Crippen molar-refractivity contribution in [3.8, 4) is 11.4 Å². The fraction of sp³-hybridized carbons (Fsp3) is 0.200. The second-order valence-corrected chi connectivity index (χ2v) is 5.77. The van der Waals surface area contributed by atoms with Crippen LogP contribution in [0.4, 0.5) is 5.69 Å². The summed E-state index contributed by atoms with van der Waals surface area (Å²) < 4.78 is 7.24. The molecule has 5 nitrogen and oxygen atoms in total. The van der Waals surface area contributed by atoms with Crippen LogP contribution in [0.5, 0.6) is 5.75 Å². The lowest BCUT2D eigenvalue weighted by Gasteiger charge is -2.12. The Morgan fingerprint density at radius 2 is 1.84 bits per heavy atom. The summed E-state index contributed by atoms with van der Waals surface area (Å²) in [5.41, 5.74) is 4.08. The van der Waals surface area contributed by atoms with Crippen molar-refractivity contribution in [3.05, 3.63) is 71.5 Å². The van der Waals surface area contributed by atoms with Crippen molar-refractivity contribution in [2.45, 2.75) is 20.8 Å². The Bertz CT molecular complexity index is 882. The van der Waals surface area contributed by atoms with Gasteiger partial charge in [0.05, 0.1) is 23.7 Å². The molecule has 0 fully saturated rings. The third-order valence-corrected chi connectivity index (χ3v) is 3.82. The Balaban J connectivity index is 1.86. The van der Waals surface area contributed by atoms with Crippen molar-refractivity contribution in [1.82, 2.24) is 9.78 Å². The number of para-hydroxylation sites is 2. The zero-order valence-electron chi connectivity index (χ0n) is 14.6. The van der Waals surface area contributed by atoms with Crippen molar-refractivity contribution in [2.75, 3.05) is 11.9 Å². The number of carbonyl (C=O) groups is 1. The molecule has 0 saturated carbocycles. The lowest BCUT2D eigenvalue weighted by Crippen LogP contribution is -2.14. The summed E-state index contributed by atoms with van der Waals surface area (Å²) >= 11 is 0. The molecule has 0 unspecified atom stereocenters. The number of anilines is 1. The second-order valence-electron chi connectivity index (χ2n) is 5.77. The molecule has 5 heteroatoms. The first-order valence-electron chi connectivity index (χ1n) is 8.25. The predicted molar refractivity (Wildman–Crippen MR) is 98.6 cm³/mol. The summed E-state index contributed by atoms with van der Waals surface area (Å²) in [6, 6.07) is 16.7. The van der Waals surface area contributed by atoms with Crippen LogP contribution in [-0.4, -0.2) is 22.3 Å². The minimum atomic E-state index is -0.169. The summed E-state index contributed by atoms with van der Waals surface area (Å²) in [6.07, 6.45) is 0. The van der Waals surface area contributed by atoms with E-state index in [9.17, 15) is 4.79 Å². The van der Waals surface area contributed by atoms with Gasteiger partial charge in [0.1, 0.15) is 5.75 Å². The molecule has 1 aromatic heterocycles. The number of rotatable bonds is 5. The van der Waals surface area contributed by atoms with Crippen LogP contribution in [0.15, 0.2) is 54.6 Å². The smallest absolute Gasteiger partial charge is 0.255 e. The molecule has 0 atom stereocenters. The highest BCUT2D eigenvalue weighted by atomic mass is 16.5. The summed E-state index contributed by atoms with van der Waals surface area (Å²) in [6.45, 7) is 6.47. The van der Waals surface area contributed by atoms with E-state index >= 15 is 0 Å². The van der Waals surface area contributed by atoms with Crippen molar-refractivity contribution >= 4 is 11.6 Å². The first-order valence-corrected chi connectivity index (χ1v) is 8.25. The normalized spacial score (nSPS) is 10.5. The Hall–Kier alpha value is -3.08. The summed E-state index contributed by atoms with van der Waals surface area (Å²) in [5.74, 6) is 0.583. The minimum absolute atomic E-state index is 0.169. The van der Waals surface area contributed by atoms with Gasteiger partial charge in [-0.25, -0.2) is 4.68 Å². The minimum Gasteiger partial charge on any atom is -0.494 e. The third-order valence-electron chi connectivity index (χ3n) is 3.82. The number of nitrogens with zero attached hydrogens (tertiary/aromatic N) is 2. The van der Waals surface area contributed by atoms with Gasteiger partial charge in [-0.3, -0.25) is 4.79 Å². The van der Waals surface area contributed by atoms with E-state index in [2.05, 4.69) is 10.4 Å². The van der Waals surface area contributed by atoms with Gasteiger partial charge in [0.2, 0.25) is 0 Å². The molecular formula is C20H21N3O2. The van der Waals surface area contributed by atoms with Gasteiger partial charge in [-0.05, 0) is 63.2 Å². The maximum atomic E-state index is 12.6. The number of benzene rings is 2. The number of aromatic nitrogens is 2. The highest BCUT2D eigenvalue weighted by Crippen LogP contribution is 2.22. The number of nitrogens with one attached hydrogen (secondary N) is 1. The van der Waals surface area contributed by atoms with Gasteiger partial charge in [-0.1, -0.05) is 12.1 Å². The van der Waals surface area contributed by atoms with Gasteiger partial charge in [-0.15, -0.1) is 0 Å². The van der Waals surface area contributed by atoms with E-state index in [1.807, 2.05) is 55.8 Å². The molecule has 128 valence electrons.